The van der Waals surface area contributed by atoms with Gasteiger partial charge < -0.3 is 9.47 Å². The zero-order valence-electron chi connectivity index (χ0n) is 11.6. The van der Waals surface area contributed by atoms with E-state index in [2.05, 4.69) is 37.8 Å². The molecular formula is C15H23NO2. The molecule has 0 amide bonds. The summed E-state index contributed by atoms with van der Waals surface area (Å²) in [6.45, 7) is 10.0. The zero-order chi connectivity index (χ0) is 13.0. The van der Waals surface area contributed by atoms with Gasteiger partial charge >= 0.3 is 0 Å². The Morgan fingerprint density at radius 3 is 2.39 bits per heavy atom. The molecule has 1 saturated heterocycles. The molecule has 0 unspecified atom stereocenters. The molecule has 0 N–H and O–H groups in total. The molecular weight excluding hydrogens is 226 g/mol. The molecule has 0 aromatic heterocycles. The molecule has 0 spiro atoms. The van der Waals surface area contributed by atoms with Crippen LogP contribution in [0.4, 0.5) is 0 Å². The van der Waals surface area contributed by atoms with Crippen LogP contribution in [0.1, 0.15) is 19.4 Å². The van der Waals surface area contributed by atoms with Crippen molar-refractivity contribution in [2.24, 2.45) is 0 Å². The number of morpholine rings is 1. The topological polar surface area (TPSA) is 21.7 Å². The van der Waals surface area contributed by atoms with Crippen LogP contribution in [0, 0.1) is 6.92 Å². The van der Waals surface area contributed by atoms with Crippen molar-refractivity contribution in [3.05, 3.63) is 29.8 Å². The number of nitrogens with zero attached hydrogens (tertiary/aromatic N) is 1. The van der Waals surface area contributed by atoms with E-state index in [1.54, 1.807) is 0 Å². The molecule has 1 aliphatic heterocycles. The van der Waals surface area contributed by atoms with Gasteiger partial charge in [0.1, 0.15) is 12.4 Å². The predicted octanol–water partition coefficient (Wildman–Crippen LogP) is 2.48. The molecule has 1 heterocycles. The number of aryl methyl sites for hydroxylation is 1. The van der Waals surface area contributed by atoms with E-state index >= 15 is 0 Å². The number of benzene rings is 1. The second-order valence-electron chi connectivity index (χ2n) is 5.18. The Labute approximate surface area is 110 Å². The van der Waals surface area contributed by atoms with E-state index in [1.165, 1.54) is 5.56 Å². The van der Waals surface area contributed by atoms with E-state index in [-0.39, 0.29) is 0 Å². The van der Waals surface area contributed by atoms with Gasteiger partial charge in [-0.05, 0) is 32.9 Å². The highest BCUT2D eigenvalue weighted by Gasteiger charge is 2.21. The lowest BCUT2D eigenvalue weighted by molar-refractivity contribution is -0.0699. The van der Waals surface area contributed by atoms with Crippen LogP contribution in [0.25, 0.3) is 0 Å². The van der Waals surface area contributed by atoms with Gasteiger partial charge in [0.25, 0.3) is 0 Å². The van der Waals surface area contributed by atoms with Crippen molar-refractivity contribution in [1.82, 2.24) is 4.90 Å². The van der Waals surface area contributed by atoms with Crippen molar-refractivity contribution < 1.29 is 9.47 Å². The highest BCUT2D eigenvalue weighted by atomic mass is 16.5. The van der Waals surface area contributed by atoms with Crippen LogP contribution in [0.2, 0.25) is 0 Å². The van der Waals surface area contributed by atoms with Gasteiger partial charge in [0.05, 0.1) is 12.2 Å². The van der Waals surface area contributed by atoms with Crippen LogP contribution in [0.5, 0.6) is 5.75 Å². The largest absolute Gasteiger partial charge is 0.492 e. The average Bonchev–Trinajstić information content (AvgIpc) is 2.30. The maximum Gasteiger partial charge on any atom is 0.119 e. The van der Waals surface area contributed by atoms with Crippen LogP contribution >= 0.6 is 0 Å². The first-order chi connectivity index (χ1) is 8.63. The van der Waals surface area contributed by atoms with Crippen LogP contribution in [-0.4, -0.2) is 43.3 Å². The van der Waals surface area contributed by atoms with Crippen molar-refractivity contribution in [2.45, 2.75) is 33.0 Å². The average molecular weight is 249 g/mol. The minimum Gasteiger partial charge on any atom is -0.492 e. The predicted molar refractivity (Wildman–Crippen MR) is 73.1 cm³/mol. The first kappa shape index (κ1) is 13.4. The van der Waals surface area contributed by atoms with E-state index in [0.29, 0.717) is 12.2 Å². The fourth-order valence-corrected chi connectivity index (χ4v) is 2.39. The molecule has 0 aliphatic carbocycles. The van der Waals surface area contributed by atoms with Crippen LogP contribution < -0.4 is 4.74 Å². The van der Waals surface area contributed by atoms with Crippen LogP contribution in [0.15, 0.2) is 24.3 Å². The van der Waals surface area contributed by atoms with Gasteiger partial charge in [-0.2, -0.15) is 0 Å². The molecule has 2 rings (SSSR count). The van der Waals surface area contributed by atoms with E-state index in [9.17, 15) is 0 Å². The molecule has 0 radical (unpaired) electrons. The van der Waals surface area contributed by atoms with Gasteiger partial charge in [-0.15, -0.1) is 0 Å². The van der Waals surface area contributed by atoms with Crippen molar-refractivity contribution in [2.75, 3.05) is 26.2 Å². The molecule has 18 heavy (non-hydrogen) atoms. The lowest BCUT2D eigenvalue weighted by Crippen LogP contribution is -2.46. The minimum absolute atomic E-state index is 0.327. The van der Waals surface area contributed by atoms with E-state index in [0.717, 1.165) is 32.0 Å². The lowest BCUT2D eigenvalue weighted by Gasteiger charge is -2.35. The van der Waals surface area contributed by atoms with Crippen molar-refractivity contribution in [3.8, 4) is 5.75 Å². The molecule has 0 saturated carbocycles. The maximum absolute atomic E-state index is 5.75. The summed E-state index contributed by atoms with van der Waals surface area (Å²) in [6, 6.07) is 8.21. The standard InChI is InChI=1S/C15H23NO2/c1-12-4-6-15(7-5-12)17-9-8-16-10-13(2)18-14(3)11-16/h4-7,13-14H,8-11H2,1-3H3/t13-,14-/m1/s1. The van der Waals surface area contributed by atoms with Gasteiger partial charge in [-0.1, -0.05) is 17.7 Å². The number of hydrogen-bond acceptors (Lipinski definition) is 3. The summed E-state index contributed by atoms with van der Waals surface area (Å²) in [7, 11) is 0. The summed E-state index contributed by atoms with van der Waals surface area (Å²) in [4.78, 5) is 2.41. The highest BCUT2D eigenvalue weighted by molar-refractivity contribution is 5.26. The van der Waals surface area contributed by atoms with Gasteiger partial charge in [-0.3, -0.25) is 4.90 Å². The summed E-state index contributed by atoms with van der Waals surface area (Å²) >= 11 is 0. The Balaban J connectivity index is 1.73. The van der Waals surface area contributed by atoms with E-state index in [4.69, 9.17) is 9.47 Å². The molecule has 1 aromatic rings. The number of rotatable bonds is 4. The second kappa shape index (κ2) is 6.21. The van der Waals surface area contributed by atoms with Crippen LogP contribution in [0.3, 0.4) is 0 Å². The third kappa shape index (κ3) is 4.00. The quantitative estimate of drug-likeness (QED) is 0.818. The molecule has 3 heteroatoms. The van der Waals surface area contributed by atoms with Gasteiger partial charge in [0.2, 0.25) is 0 Å². The molecule has 1 fully saturated rings. The Bertz CT molecular complexity index is 353. The smallest absolute Gasteiger partial charge is 0.119 e. The van der Waals surface area contributed by atoms with Gasteiger partial charge in [0.15, 0.2) is 0 Å². The third-order valence-corrected chi connectivity index (χ3v) is 3.19. The molecule has 2 atom stereocenters. The number of hydrogen-bond donors (Lipinski definition) is 0. The Morgan fingerprint density at radius 1 is 1.17 bits per heavy atom. The molecule has 100 valence electrons. The molecule has 0 bridgehead atoms. The minimum atomic E-state index is 0.327. The van der Waals surface area contributed by atoms with Crippen molar-refractivity contribution in [1.29, 1.82) is 0 Å². The summed E-state index contributed by atoms with van der Waals surface area (Å²) in [6.07, 6.45) is 0.654. The zero-order valence-corrected chi connectivity index (χ0v) is 11.6. The summed E-state index contributed by atoms with van der Waals surface area (Å²) < 4.78 is 11.5. The first-order valence-electron chi connectivity index (χ1n) is 6.71. The molecule has 3 nitrogen and oxygen atoms in total. The maximum atomic E-state index is 5.75. The monoisotopic (exact) mass is 249 g/mol. The summed E-state index contributed by atoms with van der Waals surface area (Å²) in [5.41, 5.74) is 1.26. The Morgan fingerprint density at radius 2 is 1.78 bits per heavy atom. The third-order valence-electron chi connectivity index (χ3n) is 3.19. The first-order valence-corrected chi connectivity index (χ1v) is 6.71. The molecule has 1 aliphatic rings. The van der Waals surface area contributed by atoms with Crippen molar-refractivity contribution in [3.63, 3.8) is 0 Å². The van der Waals surface area contributed by atoms with Crippen molar-refractivity contribution >= 4 is 0 Å². The summed E-state index contributed by atoms with van der Waals surface area (Å²) in [5, 5.41) is 0. The number of ether oxygens (including phenoxy) is 2. The fraction of sp³-hybridized carbons (Fsp3) is 0.600. The van der Waals surface area contributed by atoms with Crippen LogP contribution in [-0.2, 0) is 4.74 Å². The second-order valence-corrected chi connectivity index (χ2v) is 5.18. The van der Waals surface area contributed by atoms with E-state index in [1.807, 2.05) is 12.1 Å². The van der Waals surface area contributed by atoms with E-state index < -0.39 is 0 Å². The van der Waals surface area contributed by atoms with Gasteiger partial charge in [-0.25, -0.2) is 0 Å². The fourth-order valence-electron chi connectivity index (χ4n) is 2.39. The Hall–Kier alpha value is -1.06. The Kier molecular flexibility index (Phi) is 4.61. The normalized spacial score (nSPS) is 25.1. The van der Waals surface area contributed by atoms with Gasteiger partial charge in [0, 0.05) is 19.6 Å². The molecule has 1 aromatic carbocycles. The highest BCUT2D eigenvalue weighted by Crippen LogP contribution is 2.13. The summed E-state index contributed by atoms with van der Waals surface area (Å²) in [5.74, 6) is 0.954. The SMILES string of the molecule is Cc1ccc(OCCN2C[C@@H](C)O[C@H](C)C2)cc1. The lowest BCUT2D eigenvalue weighted by atomic mass is 10.2.